The van der Waals surface area contributed by atoms with Crippen LogP contribution >= 0.6 is 11.8 Å². The number of aromatic nitrogens is 2. The van der Waals surface area contributed by atoms with E-state index in [4.69, 9.17) is 5.84 Å². The van der Waals surface area contributed by atoms with E-state index in [0.717, 1.165) is 35.7 Å². The summed E-state index contributed by atoms with van der Waals surface area (Å²) in [5, 5.41) is 3.37. The first-order chi connectivity index (χ1) is 10.2. The summed E-state index contributed by atoms with van der Waals surface area (Å²) in [5.74, 6) is 8.43. The summed E-state index contributed by atoms with van der Waals surface area (Å²) in [5.41, 5.74) is 4.61. The molecular formula is C15H19N5S. The molecule has 1 aliphatic carbocycles. The van der Waals surface area contributed by atoms with E-state index in [1.165, 1.54) is 4.90 Å². The van der Waals surface area contributed by atoms with Crippen LogP contribution in [-0.2, 0) is 0 Å². The molecule has 0 spiro atoms. The SMILES string of the molecule is CSc1ccc(Nc2nc(C3CC3)nc(NN)c2C)cc1. The summed E-state index contributed by atoms with van der Waals surface area (Å²) in [6, 6.07) is 8.29. The molecule has 1 aromatic heterocycles. The van der Waals surface area contributed by atoms with Gasteiger partial charge in [0.2, 0.25) is 0 Å². The highest BCUT2D eigenvalue weighted by Gasteiger charge is 2.28. The van der Waals surface area contributed by atoms with Crippen molar-refractivity contribution in [1.29, 1.82) is 0 Å². The lowest BCUT2D eigenvalue weighted by Crippen LogP contribution is -2.13. The summed E-state index contributed by atoms with van der Waals surface area (Å²) >= 11 is 1.73. The van der Waals surface area contributed by atoms with Crippen LogP contribution in [0.2, 0.25) is 0 Å². The van der Waals surface area contributed by atoms with Gasteiger partial charge in [0.25, 0.3) is 0 Å². The summed E-state index contributed by atoms with van der Waals surface area (Å²) in [4.78, 5) is 10.4. The van der Waals surface area contributed by atoms with E-state index in [-0.39, 0.29) is 0 Å². The van der Waals surface area contributed by atoms with Crippen LogP contribution in [0.5, 0.6) is 0 Å². The molecule has 3 rings (SSSR count). The van der Waals surface area contributed by atoms with Gasteiger partial charge in [0.1, 0.15) is 17.5 Å². The van der Waals surface area contributed by atoms with Crippen molar-refractivity contribution in [2.24, 2.45) is 5.84 Å². The minimum absolute atomic E-state index is 0.483. The molecule has 0 aliphatic heterocycles. The number of hydrogen-bond donors (Lipinski definition) is 3. The van der Waals surface area contributed by atoms with Crippen LogP contribution in [0.15, 0.2) is 29.2 Å². The van der Waals surface area contributed by atoms with Gasteiger partial charge in [-0.1, -0.05) is 0 Å². The van der Waals surface area contributed by atoms with Crippen LogP contribution in [0, 0.1) is 6.92 Å². The molecule has 0 unspecified atom stereocenters. The third kappa shape index (κ3) is 3.11. The number of hydrazine groups is 1. The second-order valence-corrected chi connectivity index (χ2v) is 6.06. The summed E-state index contributed by atoms with van der Waals surface area (Å²) in [6.45, 7) is 1.96. The van der Waals surface area contributed by atoms with Gasteiger partial charge in [-0.25, -0.2) is 15.8 Å². The van der Waals surface area contributed by atoms with E-state index in [2.05, 4.69) is 51.2 Å². The molecule has 1 heterocycles. The summed E-state index contributed by atoms with van der Waals surface area (Å²) in [6.07, 6.45) is 4.39. The molecule has 1 saturated carbocycles. The number of hydrogen-bond acceptors (Lipinski definition) is 6. The lowest BCUT2D eigenvalue weighted by molar-refractivity contribution is 0.920. The van der Waals surface area contributed by atoms with Gasteiger partial charge in [-0.3, -0.25) is 0 Å². The Morgan fingerprint density at radius 2 is 1.81 bits per heavy atom. The first kappa shape index (κ1) is 14.2. The molecular weight excluding hydrogens is 282 g/mol. The number of nitrogens with zero attached hydrogens (tertiary/aromatic N) is 2. The van der Waals surface area contributed by atoms with Gasteiger partial charge in [-0.15, -0.1) is 11.8 Å². The van der Waals surface area contributed by atoms with E-state index in [1.54, 1.807) is 11.8 Å². The molecule has 2 aromatic rings. The third-order valence-electron chi connectivity index (χ3n) is 3.60. The maximum atomic E-state index is 5.57. The summed E-state index contributed by atoms with van der Waals surface area (Å²) in [7, 11) is 0. The molecule has 0 bridgehead atoms. The first-order valence-corrected chi connectivity index (χ1v) is 8.20. The average Bonchev–Trinajstić information content (AvgIpc) is 3.35. The monoisotopic (exact) mass is 301 g/mol. The number of anilines is 3. The predicted molar refractivity (Wildman–Crippen MR) is 88.1 cm³/mol. The van der Waals surface area contributed by atoms with Crippen molar-refractivity contribution in [3.63, 3.8) is 0 Å². The zero-order valence-electron chi connectivity index (χ0n) is 12.2. The Balaban J connectivity index is 1.90. The lowest BCUT2D eigenvalue weighted by atomic mass is 10.2. The normalized spacial score (nSPS) is 14.0. The molecule has 4 N–H and O–H groups in total. The van der Waals surface area contributed by atoms with E-state index in [1.807, 2.05) is 6.92 Å². The Kier molecular flexibility index (Phi) is 3.98. The van der Waals surface area contributed by atoms with Gasteiger partial charge >= 0.3 is 0 Å². The van der Waals surface area contributed by atoms with Crippen LogP contribution < -0.4 is 16.6 Å². The number of nitrogens with one attached hydrogen (secondary N) is 2. The fraction of sp³-hybridized carbons (Fsp3) is 0.333. The molecule has 21 heavy (non-hydrogen) atoms. The van der Waals surface area contributed by atoms with Gasteiger partial charge in [0.05, 0.1) is 0 Å². The summed E-state index contributed by atoms with van der Waals surface area (Å²) < 4.78 is 0. The van der Waals surface area contributed by atoms with Crippen molar-refractivity contribution in [1.82, 2.24) is 9.97 Å². The Morgan fingerprint density at radius 1 is 1.14 bits per heavy atom. The van der Waals surface area contributed by atoms with Crippen LogP contribution in [0.3, 0.4) is 0 Å². The smallest absolute Gasteiger partial charge is 0.148 e. The highest BCUT2D eigenvalue weighted by molar-refractivity contribution is 7.98. The van der Waals surface area contributed by atoms with Crippen molar-refractivity contribution in [2.75, 3.05) is 17.0 Å². The Hall–Kier alpha value is -1.79. The van der Waals surface area contributed by atoms with Crippen molar-refractivity contribution in [3.05, 3.63) is 35.7 Å². The highest BCUT2D eigenvalue weighted by atomic mass is 32.2. The third-order valence-corrected chi connectivity index (χ3v) is 4.34. The number of nitrogen functional groups attached to an aromatic ring is 1. The van der Waals surface area contributed by atoms with Crippen LogP contribution in [0.25, 0.3) is 0 Å². The Bertz CT molecular complexity index is 637. The number of benzene rings is 1. The zero-order chi connectivity index (χ0) is 14.8. The van der Waals surface area contributed by atoms with Crippen LogP contribution in [0.4, 0.5) is 17.3 Å². The van der Waals surface area contributed by atoms with Gasteiger partial charge in [-0.05, 0) is 50.3 Å². The number of rotatable bonds is 5. The van der Waals surface area contributed by atoms with E-state index < -0.39 is 0 Å². The van der Waals surface area contributed by atoms with E-state index >= 15 is 0 Å². The fourth-order valence-corrected chi connectivity index (χ4v) is 2.54. The maximum absolute atomic E-state index is 5.57. The highest BCUT2D eigenvalue weighted by Crippen LogP contribution is 2.39. The second-order valence-electron chi connectivity index (χ2n) is 5.18. The zero-order valence-corrected chi connectivity index (χ0v) is 13.0. The van der Waals surface area contributed by atoms with Gasteiger partial charge in [0, 0.05) is 22.1 Å². The van der Waals surface area contributed by atoms with Crippen LogP contribution in [0.1, 0.15) is 30.1 Å². The molecule has 0 atom stereocenters. The van der Waals surface area contributed by atoms with Gasteiger partial charge in [-0.2, -0.15) is 0 Å². The lowest BCUT2D eigenvalue weighted by Gasteiger charge is -2.13. The average molecular weight is 301 g/mol. The fourth-order valence-electron chi connectivity index (χ4n) is 2.13. The van der Waals surface area contributed by atoms with Crippen molar-refractivity contribution in [2.45, 2.75) is 30.6 Å². The molecule has 1 aromatic carbocycles. The predicted octanol–water partition coefficient (Wildman–Crippen LogP) is 3.41. The minimum atomic E-state index is 0.483. The maximum Gasteiger partial charge on any atom is 0.148 e. The number of nitrogens with two attached hydrogens (primary N) is 1. The number of thioether (sulfide) groups is 1. The molecule has 5 nitrogen and oxygen atoms in total. The standard InChI is InChI=1S/C15H19N5S/c1-9-13(17-11-5-7-12(21-2)8-6-11)18-15(10-3-4-10)19-14(9)20-16/h5-8,10H,3-4,16H2,1-2H3,(H2,17,18,19,20). The molecule has 110 valence electrons. The molecule has 1 fully saturated rings. The first-order valence-electron chi connectivity index (χ1n) is 6.97. The molecule has 0 amide bonds. The van der Waals surface area contributed by atoms with E-state index in [9.17, 15) is 0 Å². The molecule has 0 radical (unpaired) electrons. The van der Waals surface area contributed by atoms with Crippen molar-refractivity contribution < 1.29 is 0 Å². The molecule has 1 aliphatic rings. The Morgan fingerprint density at radius 3 is 2.38 bits per heavy atom. The van der Waals surface area contributed by atoms with Gasteiger partial charge < -0.3 is 10.7 Å². The second kappa shape index (κ2) is 5.91. The van der Waals surface area contributed by atoms with Gasteiger partial charge in [0.15, 0.2) is 0 Å². The topological polar surface area (TPSA) is 75.9 Å². The van der Waals surface area contributed by atoms with E-state index in [0.29, 0.717) is 11.7 Å². The minimum Gasteiger partial charge on any atom is -0.340 e. The Labute approximate surface area is 128 Å². The quantitative estimate of drug-likeness (QED) is 0.446. The molecule has 6 heteroatoms. The van der Waals surface area contributed by atoms with Crippen molar-refractivity contribution >= 4 is 29.1 Å². The van der Waals surface area contributed by atoms with Crippen LogP contribution in [-0.4, -0.2) is 16.2 Å². The molecule has 0 saturated heterocycles. The van der Waals surface area contributed by atoms with Crippen molar-refractivity contribution in [3.8, 4) is 0 Å². The largest absolute Gasteiger partial charge is 0.340 e.